The van der Waals surface area contributed by atoms with E-state index in [2.05, 4.69) is 17.2 Å². The fourth-order valence-electron chi connectivity index (χ4n) is 2.22. The molecule has 3 rings (SSSR count). The molecule has 130 valence electrons. The molecule has 0 aliphatic heterocycles. The zero-order valence-corrected chi connectivity index (χ0v) is 14.8. The van der Waals surface area contributed by atoms with Crippen LogP contribution in [0.1, 0.15) is 18.4 Å². The van der Waals surface area contributed by atoms with Crippen LogP contribution in [-0.2, 0) is 11.3 Å². The summed E-state index contributed by atoms with van der Waals surface area (Å²) in [6.45, 7) is 3.13. The van der Waals surface area contributed by atoms with Crippen molar-refractivity contribution in [1.29, 1.82) is 0 Å². The molecule has 0 atom stereocenters. The van der Waals surface area contributed by atoms with Gasteiger partial charge in [0.25, 0.3) is 5.91 Å². The number of fused-ring (bicyclic) bond motifs is 1. The van der Waals surface area contributed by atoms with Crippen LogP contribution >= 0.6 is 11.3 Å². The van der Waals surface area contributed by atoms with Crippen molar-refractivity contribution in [2.75, 3.05) is 13.2 Å². The van der Waals surface area contributed by atoms with Gasteiger partial charge < -0.3 is 14.8 Å². The highest BCUT2D eigenvalue weighted by Crippen LogP contribution is 2.21. The number of benzene rings is 2. The lowest BCUT2D eigenvalue weighted by Gasteiger charge is -2.08. The van der Waals surface area contributed by atoms with Gasteiger partial charge in [0.05, 0.1) is 23.4 Å². The first-order valence-electron chi connectivity index (χ1n) is 8.21. The maximum Gasteiger partial charge on any atom is 0.258 e. The molecule has 1 heterocycles. The lowest BCUT2D eigenvalue weighted by Crippen LogP contribution is -2.28. The zero-order chi connectivity index (χ0) is 17.5. The topological polar surface area (TPSA) is 60.5 Å². The Bertz CT molecular complexity index is 797. The smallest absolute Gasteiger partial charge is 0.258 e. The molecule has 1 amide bonds. The number of nitrogens with zero attached hydrogens (tertiary/aromatic N) is 1. The summed E-state index contributed by atoms with van der Waals surface area (Å²) in [5.41, 5.74) is 0.957. The molecule has 0 unspecified atom stereocenters. The van der Waals surface area contributed by atoms with Crippen molar-refractivity contribution in [1.82, 2.24) is 10.3 Å². The van der Waals surface area contributed by atoms with Gasteiger partial charge in [-0.05, 0) is 42.8 Å². The molecule has 0 bridgehead atoms. The van der Waals surface area contributed by atoms with Crippen molar-refractivity contribution in [3.8, 4) is 11.5 Å². The molecule has 0 saturated heterocycles. The second-order valence-electron chi connectivity index (χ2n) is 5.46. The van der Waals surface area contributed by atoms with Gasteiger partial charge in [0.1, 0.15) is 16.5 Å². The van der Waals surface area contributed by atoms with Crippen molar-refractivity contribution in [3.05, 3.63) is 53.5 Å². The van der Waals surface area contributed by atoms with Crippen molar-refractivity contribution in [3.63, 3.8) is 0 Å². The van der Waals surface area contributed by atoms with Crippen LogP contribution in [0, 0.1) is 0 Å². The zero-order valence-electron chi connectivity index (χ0n) is 14.0. The van der Waals surface area contributed by atoms with Crippen LogP contribution in [0.5, 0.6) is 11.5 Å². The van der Waals surface area contributed by atoms with Crippen molar-refractivity contribution in [2.45, 2.75) is 19.9 Å². The molecule has 0 radical (unpaired) electrons. The highest BCUT2D eigenvalue weighted by atomic mass is 32.1. The van der Waals surface area contributed by atoms with E-state index < -0.39 is 0 Å². The Morgan fingerprint density at radius 1 is 1.08 bits per heavy atom. The molecule has 5 nitrogen and oxygen atoms in total. The first kappa shape index (κ1) is 17.2. The van der Waals surface area contributed by atoms with Crippen LogP contribution < -0.4 is 14.8 Å². The van der Waals surface area contributed by atoms with Gasteiger partial charge in [-0.1, -0.05) is 19.1 Å². The van der Waals surface area contributed by atoms with Crippen LogP contribution in [0.15, 0.2) is 48.5 Å². The fourth-order valence-corrected chi connectivity index (χ4v) is 3.13. The Labute approximate surface area is 150 Å². The van der Waals surface area contributed by atoms with Gasteiger partial charge in [0.15, 0.2) is 6.61 Å². The maximum atomic E-state index is 11.9. The van der Waals surface area contributed by atoms with Gasteiger partial charge in [-0.15, -0.1) is 11.3 Å². The van der Waals surface area contributed by atoms with Crippen LogP contribution in [0.3, 0.4) is 0 Å². The van der Waals surface area contributed by atoms with Crippen molar-refractivity contribution >= 4 is 27.5 Å². The number of aromatic nitrogens is 1. The SMILES string of the molecule is CCCOc1ccc(OCC(=O)NCc2nc3ccccc3s2)cc1. The Balaban J connectivity index is 1.44. The third-order valence-corrected chi connectivity index (χ3v) is 4.48. The Morgan fingerprint density at radius 2 is 1.80 bits per heavy atom. The summed E-state index contributed by atoms with van der Waals surface area (Å²) in [4.78, 5) is 16.4. The van der Waals surface area contributed by atoms with E-state index in [9.17, 15) is 4.79 Å². The highest BCUT2D eigenvalue weighted by Gasteiger charge is 2.07. The van der Waals surface area contributed by atoms with Crippen molar-refractivity contribution < 1.29 is 14.3 Å². The van der Waals surface area contributed by atoms with Crippen molar-refractivity contribution in [2.24, 2.45) is 0 Å². The first-order chi connectivity index (χ1) is 12.2. The molecule has 3 aromatic rings. The van der Waals surface area contributed by atoms with Crippen LogP contribution in [0.25, 0.3) is 10.2 Å². The normalized spacial score (nSPS) is 10.6. The summed E-state index contributed by atoms with van der Waals surface area (Å²) in [6.07, 6.45) is 0.965. The predicted octanol–water partition coefficient (Wildman–Crippen LogP) is 3.78. The second kappa shape index (κ2) is 8.48. The van der Waals surface area contributed by atoms with Crippen LogP contribution in [0.4, 0.5) is 0 Å². The van der Waals surface area contributed by atoms with Gasteiger partial charge in [0, 0.05) is 0 Å². The molecular formula is C19H20N2O3S. The number of carbonyl (C=O) groups excluding carboxylic acids is 1. The lowest BCUT2D eigenvalue weighted by molar-refractivity contribution is -0.123. The molecular weight excluding hydrogens is 336 g/mol. The Kier molecular flexibility index (Phi) is 5.85. The average molecular weight is 356 g/mol. The molecule has 2 aromatic carbocycles. The molecule has 0 fully saturated rings. The summed E-state index contributed by atoms with van der Waals surface area (Å²) >= 11 is 1.58. The van der Waals surface area contributed by atoms with E-state index in [0.717, 1.165) is 27.4 Å². The van der Waals surface area contributed by atoms with Crippen LogP contribution in [0.2, 0.25) is 0 Å². The standard InChI is InChI=1S/C19H20N2O3S/c1-2-11-23-14-7-9-15(10-8-14)24-13-18(22)20-12-19-21-16-5-3-4-6-17(16)25-19/h3-10H,2,11-13H2,1H3,(H,20,22). The Morgan fingerprint density at radius 3 is 2.52 bits per heavy atom. The third kappa shape index (κ3) is 4.93. The van der Waals surface area contributed by atoms with E-state index in [0.29, 0.717) is 18.9 Å². The van der Waals surface area contributed by atoms with Crippen LogP contribution in [-0.4, -0.2) is 24.1 Å². The van der Waals surface area contributed by atoms with E-state index >= 15 is 0 Å². The van der Waals surface area contributed by atoms with Gasteiger partial charge in [-0.3, -0.25) is 4.79 Å². The number of hydrogen-bond donors (Lipinski definition) is 1. The Hall–Kier alpha value is -2.60. The predicted molar refractivity (Wildman–Crippen MR) is 99.2 cm³/mol. The number of rotatable bonds is 8. The minimum absolute atomic E-state index is 0.0277. The molecule has 1 aromatic heterocycles. The number of ether oxygens (including phenoxy) is 2. The van der Waals surface area contributed by atoms with E-state index in [4.69, 9.17) is 9.47 Å². The number of carbonyl (C=O) groups is 1. The van der Waals surface area contributed by atoms with E-state index in [-0.39, 0.29) is 12.5 Å². The van der Waals surface area contributed by atoms with Gasteiger partial charge in [-0.25, -0.2) is 4.98 Å². The molecule has 0 saturated carbocycles. The minimum Gasteiger partial charge on any atom is -0.494 e. The number of para-hydroxylation sites is 1. The molecule has 0 aliphatic carbocycles. The van der Waals surface area contributed by atoms with E-state index in [1.54, 1.807) is 23.5 Å². The van der Waals surface area contributed by atoms with E-state index in [1.807, 2.05) is 36.4 Å². The first-order valence-corrected chi connectivity index (χ1v) is 9.03. The number of thiazole rings is 1. The lowest BCUT2D eigenvalue weighted by atomic mass is 10.3. The fraction of sp³-hybridized carbons (Fsp3) is 0.263. The molecule has 6 heteroatoms. The summed E-state index contributed by atoms with van der Waals surface area (Å²) in [5, 5.41) is 3.71. The summed E-state index contributed by atoms with van der Waals surface area (Å²) in [6, 6.07) is 15.2. The summed E-state index contributed by atoms with van der Waals surface area (Å²) in [7, 11) is 0. The summed E-state index contributed by atoms with van der Waals surface area (Å²) in [5.74, 6) is 1.26. The average Bonchev–Trinajstić information content (AvgIpc) is 3.07. The molecule has 0 aliphatic rings. The van der Waals surface area contributed by atoms with Gasteiger partial charge >= 0.3 is 0 Å². The third-order valence-electron chi connectivity index (χ3n) is 3.44. The van der Waals surface area contributed by atoms with Gasteiger partial charge in [-0.2, -0.15) is 0 Å². The molecule has 0 spiro atoms. The minimum atomic E-state index is -0.175. The largest absolute Gasteiger partial charge is 0.494 e. The summed E-state index contributed by atoms with van der Waals surface area (Å²) < 4.78 is 12.1. The van der Waals surface area contributed by atoms with E-state index in [1.165, 1.54) is 0 Å². The number of amides is 1. The van der Waals surface area contributed by atoms with Gasteiger partial charge in [0.2, 0.25) is 0 Å². The second-order valence-corrected chi connectivity index (χ2v) is 6.58. The molecule has 25 heavy (non-hydrogen) atoms. The highest BCUT2D eigenvalue weighted by molar-refractivity contribution is 7.18. The number of nitrogens with one attached hydrogen (secondary N) is 1. The molecule has 1 N–H and O–H groups in total. The maximum absolute atomic E-state index is 11.9. The monoisotopic (exact) mass is 356 g/mol. The number of hydrogen-bond acceptors (Lipinski definition) is 5. The quantitative estimate of drug-likeness (QED) is 0.667.